The van der Waals surface area contributed by atoms with Gasteiger partial charge >= 0.3 is 0 Å². The maximum Gasteiger partial charge on any atom is 0.119 e. The second-order valence-corrected chi connectivity index (χ2v) is 3.91. The number of benzene rings is 2. The molecule has 0 aliphatic heterocycles. The van der Waals surface area contributed by atoms with Gasteiger partial charge in [-0.2, -0.15) is 5.26 Å². The van der Waals surface area contributed by atoms with Crippen LogP contribution in [0.1, 0.15) is 16.7 Å². The molecular formula is C15H14N2O. The van der Waals surface area contributed by atoms with Crippen molar-refractivity contribution in [2.24, 2.45) is 5.73 Å². The molecule has 0 heterocycles. The molecule has 18 heavy (non-hydrogen) atoms. The van der Waals surface area contributed by atoms with Crippen molar-refractivity contribution in [1.29, 1.82) is 5.26 Å². The molecule has 3 heteroatoms. The summed E-state index contributed by atoms with van der Waals surface area (Å²) in [6.45, 7) is 0.920. The quantitative estimate of drug-likeness (QED) is 0.890. The summed E-state index contributed by atoms with van der Waals surface area (Å²) in [6, 6.07) is 17.2. The first kappa shape index (κ1) is 12.2. The summed E-state index contributed by atoms with van der Waals surface area (Å²) in [5.74, 6) is 0.778. The molecule has 0 saturated carbocycles. The molecule has 90 valence electrons. The first-order valence-corrected chi connectivity index (χ1v) is 5.73. The Hall–Kier alpha value is -2.31. The van der Waals surface area contributed by atoms with Crippen LogP contribution in [0.3, 0.4) is 0 Å². The van der Waals surface area contributed by atoms with Crippen LogP contribution in [0.15, 0.2) is 48.5 Å². The van der Waals surface area contributed by atoms with Gasteiger partial charge in [0.15, 0.2) is 0 Å². The standard InChI is InChI=1S/C15H14N2O/c16-9-12-5-7-15(8-6-12)18-11-14-4-2-1-3-13(14)10-17/h1-8H,9,11,16H2. The molecule has 2 rings (SSSR count). The highest BCUT2D eigenvalue weighted by molar-refractivity contribution is 5.37. The molecular weight excluding hydrogens is 224 g/mol. The summed E-state index contributed by atoms with van der Waals surface area (Å²) >= 11 is 0. The molecule has 2 aromatic carbocycles. The topological polar surface area (TPSA) is 59.0 Å². The van der Waals surface area contributed by atoms with E-state index in [2.05, 4.69) is 6.07 Å². The van der Waals surface area contributed by atoms with Gasteiger partial charge in [-0.1, -0.05) is 30.3 Å². The van der Waals surface area contributed by atoms with Gasteiger partial charge in [0.1, 0.15) is 12.4 Å². The van der Waals surface area contributed by atoms with E-state index in [1.165, 1.54) is 0 Å². The van der Waals surface area contributed by atoms with E-state index in [4.69, 9.17) is 15.7 Å². The van der Waals surface area contributed by atoms with Crippen molar-refractivity contribution < 1.29 is 4.74 Å². The monoisotopic (exact) mass is 238 g/mol. The van der Waals surface area contributed by atoms with Gasteiger partial charge in [0, 0.05) is 12.1 Å². The van der Waals surface area contributed by atoms with Gasteiger partial charge in [-0.05, 0) is 23.8 Å². The van der Waals surface area contributed by atoms with Gasteiger partial charge in [0.25, 0.3) is 0 Å². The molecule has 0 fully saturated rings. The summed E-state index contributed by atoms with van der Waals surface area (Å²) in [5, 5.41) is 8.96. The minimum atomic E-state index is 0.395. The lowest BCUT2D eigenvalue weighted by atomic mass is 10.1. The number of rotatable bonds is 4. The molecule has 0 amide bonds. The summed E-state index contributed by atoms with van der Waals surface area (Å²) in [5.41, 5.74) is 8.14. The van der Waals surface area contributed by atoms with Crippen LogP contribution in [0, 0.1) is 11.3 Å². The summed E-state index contributed by atoms with van der Waals surface area (Å²) in [6.07, 6.45) is 0. The summed E-state index contributed by atoms with van der Waals surface area (Å²) in [7, 11) is 0. The smallest absolute Gasteiger partial charge is 0.119 e. The van der Waals surface area contributed by atoms with Crippen molar-refractivity contribution in [2.45, 2.75) is 13.2 Å². The molecule has 0 aliphatic rings. The number of hydrogen-bond donors (Lipinski definition) is 1. The van der Waals surface area contributed by atoms with Gasteiger partial charge in [0.2, 0.25) is 0 Å². The van der Waals surface area contributed by atoms with Gasteiger partial charge in [-0.25, -0.2) is 0 Å². The van der Waals surface area contributed by atoms with Crippen LogP contribution < -0.4 is 10.5 Å². The van der Waals surface area contributed by atoms with Crippen molar-refractivity contribution in [3.63, 3.8) is 0 Å². The fourth-order valence-corrected chi connectivity index (χ4v) is 1.64. The maximum atomic E-state index is 8.96. The zero-order chi connectivity index (χ0) is 12.8. The molecule has 2 N–H and O–H groups in total. The number of hydrogen-bond acceptors (Lipinski definition) is 3. The van der Waals surface area contributed by atoms with Crippen LogP contribution in [-0.2, 0) is 13.2 Å². The number of nitriles is 1. The third kappa shape index (κ3) is 2.88. The van der Waals surface area contributed by atoms with Crippen LogP contribution in [0.5, 0.6) is 5.75 Å². The van der Waals surface area contributed by atoms with E-state index in [1.54, 1.807) is 6.07 Å². The first-order chi connectivity index (χ1) is 8.83. The predicted molar refractivity (Wildman–Crippen MR) is 69.8 cm³/mol. The lowest BCUT2D eigenvalue weighted by molar-refractivity contribution is 0.306. The van der Waals surface area contributed by atoms with Crippen LogP contribution in [0.4, 0.5) is 0 Å². The molecule has 0 unspecified atom stereocenters. The van der Waals surface area contributed by atoms with Crippen molar-refractivity contribution in [1.82, 2.24) is 0 Å². The third-order valence-corrected chi connectivity index (χ3v) is 2.69. The molecule has 3 nitrogen and oxygen atoms in total. The number of nitrogens with two attached hydrogens (primary N) is 1. The molecule has 0 saturated heterocycles. The molecule has 0 spiro atoms. The zero-order valence-electron chi connectivity index (χ0n) is 9.97. The number of ether oxygens (including phenoxy) is 1. The second-order valence-electron chi connectivity index (χ2n) is 3.91. The lowest BCUT2D eigenvalue weighted by Gasteiger charge is -2.08. The maximum absolute atomic E-state index is 8.96. The van der Waals surface area contributed by atoms with Gasteiger partial charge in [0.05, 0.1) is 11.6 Å². The SMILES string of the molecule is N#Cc1ccccc1COc1ccc(CN)cc1. The lowest BCUT2D eigenvalue weighted by Crippen LogP contribution is -1.99. The van der Waals surface area contributed by atoms with Crippen LogP contribution >= 0.6 is 0 Å². The fraction of sp³-hybridized carbons (Fsp3) is 0.133. The van der Waals surface area contributed by atoms with Crippen molar-refractivity contribution in [3.8, 4) is 11.8 Å². The minimum Gasteiger partial charge on any atom is -0.489 e. The molecule has 2 aromatic rings. The Balaban J connectivity index is 2.05. The normalized spacial score (nSPS) is 9.78. The van der Waals surface area contributed by atoms with E-state index in [9.17, 15) is 0 Å². The Bertz CT molecular complexity index is 555. The Kier molecular flexibility index (Phi) is 3.95. The Morgan fingerprint density at radius 2 is 1.78 bits per heavy atom. The Morgan fingerprint density at radius 3 is 2.44 bits per heavy atom. The van der Waals surface area contributed by atoms with E-state index in [0.29, 0.717) is 18.7 Å². The summed E-state index contributed by atoms with van der Waals surface area (Å²) < 4.78 is 5.64. The molecule has 0 aliphatic carbocycles. The van der Waals surface area contributed by atoms with Gasteiger partial charge < -0.3 is 10.5 Å². The van der Waals surface area contributed by atoms with E-state index < -0.39 is 0 Å². The van der Waals surface area contributed by atoms with Crippen molar-refractivity contribution in [2.75, 3.05) is 0 Å². The van der Waals surface area contributed by atoms with Crippen LogP contribution in [-0.4, -0.2) is 0 Å². The van der Waals surface area contributed by atoms with Gasteiger partial charge in [-0.15, -0.1) is 0 Å². The van der Waals surface area contributed by atoms with Crippen molar-refractivity contribution in [3.05, 3.63) is 65.2 Å². The highest BCUT2D eigenvalue weighted by atomic mass is 16.5. The molecule has 0 aromatic heterocycles. The second kappa shape index (κ2) is 5.85. The largest absolute Gasteiger partial charge is 0.489 e. The van der Waals surface area contributed by atoms with Crippen LogP contribution in [0.2, 0.25) is 0 Å². The Labute approximate surface area is 106 Å². The van der Waals surface area contributed by atoms with Crippen molar-refractivity contribution >= 4 is 0 Å². The first-order valence-electron chi connectivity index (χ1n) is 5.73. The molecule has 0 atom stereocenters. The van der Waals surface area contributed by atoms with E-state index in [-0.39, 0.29) is 0 Å². The Morgan fingerprint density at radius 1 is 1.06 bits per heavy atom. The van der Waals surface area contributed by atoms with E-state index >= 15 is 0 Å². The molecule has 0 bridgehead atoms. The average Bonchev–Trinajstić information content (AvgIpc) is 2.46. The summed E-state index contributed by atoms with van der Waals surface area (Å²) in [4.78, 5) is 0. The van der Waals surface area contributed by atoms with Gasteiger partial charge in [-0.3, -0.25) is 0 Å². The third-order valence-electron chi connectivity index (χ3n) is 2.69. The van der Waals surface area contributed by atoms with E-state index in [0.717, 1.165) is 16.9 Å². The van der Waals surface area contributed by atoms with E-state index in [1.807, 2.05) is 42.5 Å². The zero-order valence-corrected chi connectivity index (χ0v) is 9.97. The highest BCUT2D eigenvalue weighted by Gasteiger charge is 2.01. The molecule has 0 radical (unpaired) electrons. The average molecular weight is 238 g/mol. The fourth-order valence-electron chi connectivity index (χ4n) is 1.64. The highest BCUT2D eigenvalue weighted by Crippen LogP contribution is 2.15. The number of nitrogens with zero attached hydrogens (tertiary/aromatic N) is 1. The van der Waals surface area contributed by atoms with Crippen LogP contribution in [0.25, 0.3) is 0 Å². The predicted octanol–water partition coefficient (Wildman–Crippen LogP) is 2.60. The minimum absolute atomic E-state index is 0.395.